The van der Waals surface area contributed by atoms with Crippen molar-refractivity contribution in [2.45, 2.75) is 13.3 Å². The Kier molecular flexibility index (Phi) is 5.81. The molecule has 1 aliphatic heterocycles. The molecule has 0 saturated carbocycles. The molecule has 4 rings (SSSR count). The first-order chi connectivity index (χ1) is 15.4. The Morgan fingerprint density at radius 1 is 0.906 bits per heavy atom. The number of nitrogens with zero attached hydrogens (tertiary/aromatic N) is 2. The smallest absolute Gasteiger partial charge is 0.278 e. The highest BCUT2D eigenvalue weighted by molar-refractivity contribution is 6.36. The van der Waals surface area contributed by atoms with E-state index in [9.17, 15) is 19.7 Å². The highest BCUT2D eigenvalue weighted by Crippen LogP contribution is 2.31. The van der Waals surface area contributed by atoms with Gasteiger partial charge in [0.1, 0.15) is 5.70 Å². The summed E-state index contributed by atoms with van der Waals surface area (Å²) in [5.74, 6) is -0.837. The number of nitrogens with one attached hydrogen (secondary N) is 1. The first-order valence-electron chi connectivity index (χ1n) is 10.2. The summed E-state index contributed by atoms with van der Waals surface area (Å²) in [6, 6.07) is 22.8. The summed E-state index contributed by atoms with van der Waals surface area (Å²) in [5.41, 5.74) is 3.45. The third kappa shape index (κ3) is 4.27. The predicted octanol–water partition coefficient (Wildman–Crippen LogP) is 4.34. The van der Waals surface area contributed by atoms with Crippen LogP contribution in [0.5, 0.6) is 0 Å². The molecular weight excluding hydrogens is 406 g/mol. The number of carbonyl (C=O) groups is 2. The second-order valence-corrected chi connectivity index (χ2v) is 7.55. The lowest BCUT2D eigenvalue weighted by Gasteiger charge is -2.15. The molecule has 0 spiro atoms. The van der Waals surface area contributed by atoms with E-state index >= 15 is 0 Å². The van der Waals surface area contributed by atoms with Gasteiger partial charge in [0.05, 0.1) is 10.5 Å². The molecule has 7 heteroatoms. The fourth-order valence-electron chi connectivity index (χ4n) is 3.67. The Balaban J connectivity index is 1.69. The maximum absolute atomic E-state index is 13.3. The summed E-state index contributed by atoms with van der Waals surface area (Å²) in [6.45, 7) is 2.17. The van der Waals surface area contributed by atoms with Gasteiger partial charge in [-0.15, -0.1) is 0 Å². The maximum atomic E-state index is 13.3. The third-order valence-corrected chi connectivity index (χ3v) is 5.29. The van der Waals surface area contributed by atoms with Crippen molar-refractivity contribution in [1.29, 1.82) is 0 Å². The minimum Gasteiger partial charge on any atom is -0.350 e. The average Bonchev–Trinajstić information content (AvgIpc) is 3.02. The lowest BCUT2D eigenvalue weighted by molar-refractivity contribution is -0.384. The zero-order chi connectivity index (χ0) is 22.7. The van der Waals surface area contributed by atoms with E-state index in [1.165, 1.54) is 29.2 Å². The predicted molar refractivity (Wildman–Crippen MR) is 122 cm³/mol. The van der Waals surface area contributed by atoms with Gasteiger partial charge < -0.3 is 5.32 Å². The van der Waals surface area contributed by atoms with E-state index in [1.807, 2.05) is 61.5 Å². The number of rotatable bonds is 7. The second-order valence-electron chi connectivity index (χ2n) is 7.55. The van der Waals surface area contributed by atoms with Crippen molar-refractivity contribution in [2.24, 2.45) is 0 Å². The van der Waals surface area contributed by atoms with Crippen molar-refractivity contribution in [1.82, 2.24) is 4.90 Å². The number of non-ortho nitro benzene ring substituents is 1. The van der Waals surface area contributed by atoms with Crippen LogP contribution in [0.3, 0.4) is 0 Å². The van der Waals surface area contributed by atoms with Gasteiger partial charge in [-0.1, -0.05) is 42.5 Å². The number of nitro benzene ring substituents is 1. The van der Waals surface area contributed by atoms with Gasteiger partial charge in [0.25, 0.3) is 17.5 Å². The molecule has 32 heavy (non-hydrogen) atoms. The summed E-state index contributed by atoms with van der Waals surface area (Å²) in [6.07, 6.45) is 0.531. The molecule has 0 aromatic heterocycles. The summed E-state index contributed by atoms with van der Waals surface area (Å²) in [5, 5.41) is 14.1. The molecule has 0 bridgehead atoms. The van der Waals surface area contributed by atoms with E-state index in [4.69, 9.17) is 0 Å². The molecule has 0 radical (unpaired) electrons. The van der Waals surface area contributed by atoms with Gasteiger partial charge in [-0.05, 0) is 54.3 Å². The van der Waals surface area contributed by atoms with Crippen LogP contribution in [0.2, 0.25) is 0 Å². The Morgan fingerprint density at radius 2 is 1.62 bits per heavy atom. The Hall–Kier alpha value is -4.26. The van der Waals surface area contributed by atoms with Crippen LogP contribution in [-0.4, -0.2) is 28.2 Å². The molecule has 0 saturated heterocycles. The minimum absolute atomic E-state index is 0.0831. The number of anilines is 1. The van der Waals surface area contributed by atoms with Gasteiger partial charge in [0.2, 0.25) is 0 Å². The van der Waals surface area contributed by atoms with Gasteiger partial charge in [0.15, 0.2) is 0 Å². The molecular formula is C25H21N3O4. The van der Waals surface area contributed by atoms with E-state index in [2.05, 4.69) is 5.32 Å². The molecule has 1 N–H and O–H groups in total. The zero-order valence-electron chi connectivity index (χ0n) is 17.4. The van der Waals surface area contributed by atoms with Crippen molar-refractivity contribution >= 4 is 28.8 Å². The molecule has 0 atom stereocenters. The van der Waals surface area contributed by atoms with Gasteiger partial charge in [-0.3, -0.25) is 24.6 Å². The van der Waals surface area contributed by atoms with Crippen LogP contribution < -0.4 is 5.32 Å². The average molecular weight is 427 g/mol. The van der Waals surface area contributed by atoms with Crippen molar-refractivity contribution in [3.8, 4) is 0 Å². The number of hydrogen-bond acceptors (Lipinski definition) is 5. The van der Waals surface area contributed by atoms with Crippen LogP contribution in [0.15, 0.2) is 84.6 Å². The summed E-state index contributed by atoms with van der Waals surface area (Å²) >= 11 is 0. The lowest BCUT2D eigenvalue weighted by atomic mass is 10.0. The van der Waals surface area contributed by atoms with Crippen LogP contribution in [0, 0.1) is 17.0 Å². The fraction of sp³-hybridized carbons (Fsp3) is 0.120. The summed E-state index contributed by atoms with van der Waals surface area (Å²) in [4.78, 5) is 38.3. The Morgan fingerprint density at radius 3 is 2.28 bits per heavy atom. The molecule has 0 fully saturated rings. The highest BCUT2D eigenvalue weighted by Gasteiger charge is 2.39. The number of amides is 2. The van der Waals surface area contributed by atoms with Crippen LogP contribution in [-0.2, 0) is 16.0 Å². The highest BCUT2D eigenvalue weighted by atomic mass is 16.6. The van der Waals surface area contributed by atoms with Crippen LogP contribution in [0.4, 0.5) is 11.4 Å². The van der Waals surface area contributed by atoms with Crippen LogP contribution >= 0.6 is 0 Å². The minimum atomic E-state index is -0.502. The monoisotopic (exact) mass is 427 g/mol. The van der Waals surface area contributed by atoms with Crippen molar-refractivity contribution in [3.63, 3.8) is 0 Å². The first-order valence-corrected chi connectivity index (χ1v) is 10.2. The van der Waals surface area contributed by atoms with Crippen molar-refractivity contribution < 1.29 is 14.5 Å². The van der Waals surface area contributed by atoms with E-state index in [0.29, 0.717) is 17.7 Å². The fourth-order valence-corrected chi connectivity index (χ4v) is 3.67. The standard InChI is InChI=1S/C25H21N3O4/c1-17-6-5-9-20(16-17)26-23-22(19-10-12-21(13-11-19)28(31)32)24(29)27(25(23)30)15-14-18-7-3-2-4-8-18/h2-13,16,26H,14-15H2,1H3. The summed E-state index contributed by atoms with van der Waals surface area (Å²) < 4.78 is 0. The van der Waals surface area contributed by atoms with Crippen LogP contribution in [0.25, 0.3) is 5.57 Å². The molecule has 0 aliphatic carbocycles. The van der Waals surface area contributed by atoms with Crippen molar-refractivity contribution in [2.75, 3.05) is 11.9 Å². The molecule has 3 aromatic carbocycles. The first kappa shape index (κ1) is 21.0. The number of carbonyl (C=O) groups excluding carboxylic acids is 2. The Bertz CT molecular complexity index is 1220. The molecule has 1 aliphatic rings. The number of aryl methyl sites for hydroxylation is 1. The van der Waals surface area contributed by atoms with Gasteiger partial charge in [0, 0.05) is 24.4 Å². The molecule has 2 amide bonds. The third-order valence-electron chi connectivity index (χ3n) is 5.29. The molecule has 160 valence electrons. The molecule has 3 aromatic rings. The quantitative estimate of drug-likeness (QED) is 0.344. The number of nitro groups is 1. The van der Waals surface area contributed by atoms with Gasteiger partial charge >= 0.3 is 0 Å². The van der Waals surface area contributed by atoms with E-state index in [1.54, 1.807) is 0 Å². The number of imide groups is 1. The van der Waals surface area contributed by atoms with E-state index < -0.39 is 16.7 Å². The largest absolute Gasteiger partial charge is 0.350 e. The zero-order valence-corrected chi connectivity index (χ0v) is 17.4. The molecule has 0 unspecified atom stereocenters. The molecule has 7 nitrogen and oxygen atoms in total. The normalized spacial score (nSPS) is 13.6. The van der Waals surface area contributed by atoms with Gasteiger partial charge in [-0.25, -0.2) is 0 Å². The van der Waals surface area contributed by atoms with Crippen LogP contribution in [0.1, 0.15) is 16.7 Å². The SMILES string of the molecule is Cc1cccc(NC2=C(c3ccc([N+](=O)[O-])cc3)C(=O)N(CCc3ccccc3)C2=O)c1. The maximum Gasteiger partial charge on any atom is 0.278 e. The molecule has 1 heterocycles. The second kappa shape index (κ2) is 8.85. The number of hydrogen-bond donors (Lipinski definition) is 1. The van der Waals surface area contributed by atoms with E-state index in [-0.39, 0.29) is 23.5 Å². The lowest BCUT2D eigenvalue weighted by Crippen LogP contribution is -2.34. The number of benzene rings is 3. The summed E-state index contributed by atoms with van der Waals surface area (Å²) in [7, 11) is 0. The van der Waals surface area contributed by atoms with Gasteiger partial charge in [-0.2, -0.15) is 0 Å². The van der Waals surface area contributed by atoms with E-state index in [0.717, 1.165) is 11.1 Å². The Labute approximate surface area is 185 Å². The van der Waals surface area contributed by atoms with Crippen molar-refractivity contribution in [3.05, 3.63) is 111 Å². The topological polar surface area (TPSA) is 92.6 Å².